The third-order valence-corrected chi connectivity index (χ3v) is 4.62. The van der Waals surface area contributed by atoms with Crippen LogP contribution < -0.4 is 11.1 Å². The average Bonchev–Trinajstić information content (AvgIpc) is 2.68. The van der Waals surface area contributed by atoms with Gasteiger partial charge in [-0.2, -0.15) is 0 Å². The van der Waals surface area contributed by atoms with Crippen LogP contribution in [0, 0.1) is 0 Å². The Kier molecular flexibility index (Phi) is 7.52. The molecule has 0 heterocycles. The van der Waals surface area contributed by atoms with Gasteiger partial charge in [-0.1, -0.05) is 67.6 Å². The number of carboxylic acids is 1. The van der Waals surface area contributed by atoms with E-state index in [2.05, 4.69) is 5.32 Å². The number of hydrogen-bond acceptors (Lipinski definition) is 4. The Bertz CT molecular complexity index is 736. The Morgan fingerprint density at radius 2 is 1.59 bits per heavy atom. The summed E-state index contributed by atoms with van der Waals surface area (Å²) in [6, 6.07) is 16.4. The SMILES string of the molecule is CCC(c1ccccc1)C(NC(=O)[C@@H](O)[C@H](N)Cc1ccccc1)C(=O)O. The second-order valence-electron chi connectivity index (χ2n) is 6.55. The molecule has 2 aromatic rings. The van der Waals surface area contributed by atoms with Crippen LogP contribution in [0.25, 0.3) is 0 Å². The van der Waals surface area contributed by atoms with Crippen molar-refractivity contribution in [1.82, 2.24) is 5.32 Å². The van der Waals surface area contributed by atoms with E-state index in [1.807, 2.05) is 67.6 Å². The quantitative estimate of drug-likeness (QED) is 0.536. The summed E-state index contributed by atoms with van der Waals surface area (Å²) < 4.78 is 0. The van der Waals surface area contributed by atoms with Crippen LogP contribution in [0.2, 0.25) is 0 Å². The number of aliphatic carboxylic acids is 1. The third kappa shape index (κ3) is 5.64. The van der Waals surface area contributed by atoms with Gasteiger partial charge in [0, 0.05) is 12.0 Å². The first-order valence-electron chi connectivity index (χ1n) is 8.99. The summed E-state index contributed by atoms with van der Waals surface area (Å²) >= 11 is 0. The lowest BCUT2D eigenvalue weighted by atomic mass is 9.88. The van der Waals surface area contributed by atoms with Crippen molar-refractivity contribution in [1.29, 1.82) is 0 Å². The van der Waals surface area contributed by atoms with Gasteiger partial charge in [0.2, 0.25) is 0 Å². The predicted octanol–water partition coefficient (Wildman–Crippen LogP) is 1.68. The smallest absolute Gasteiger partial charge is 0.326 e. The highest BCUT2D eigenvalue weighted by molar-refractivity contribution is 5.87. The number of carboxylic acid groups (broad SMARTS) is 1. The Labute approximate surface area is 159 Å². The zero-order chi connectivity index (χ0) is 19.8. The van der Waals surface area contributed by atoms with E-state index in [1.165, 1.54) is 0 Å². The second-order valence-corrected chi connectivity index (χ2v) is 6.55. The molecule has 0 aliphatic rings. The number of amides is 1. The summed E-state index contributed by atoms with van der Waals surface area (Å²) in [4.78, 5) is 24.2. The van der Waals surface area contributed by atoms with Crippen molar-refractivity contribution < 1.29 is 19.8 Å². The lowest BCUT2D eigenvalue weighted by Gasteiger charge is -2.26. The minimum Gasteiger partial charge on any atom is -0.480 e. The van der Waals surface area contributed by atoms with Gasteiger partial charge in [-0.3, -0.25) is 4.79 Å². The third-order valence-electron chi connectivity index (χ3n) is 4.62. The van der Waals surface area contributed by atoms with Gasteiger partial charge in [-0.15, -0.1) is 0 Å². The summed E-state index contributed by atoms with van der Waals surface area (Å²) in [5.41, 5.74) is 7.67. The summed E-state index contributed by atoms with van der Waals surface area (Å²) in [7, 11) is 0. The Hall–Kier alpha value is -2.70. The molecule has 0 bridgehead atoms. The molecule has 0 aliphatic heterocycles. The van der Waals surface area contributed by atoms with E-state index in [9.17, 15) is 19.8 Å². The topological polar surface area (TPSA) is 113 Å². The van der Waals surface area contributed by atoms with E-state index in [0.717, 1.165) is 11.1 Å². The summed E-state index contributed by atoms with van der Waals surface area (Å²) in [5.74, 6) is -2.34. The van der Waals surface area contributed by atoms with Crippen molar-refractivity contribution in [3.8, 4) is 0 Å². The molecular weight excluding hydrogens is 344 g/mol. The van der Waals surface area contributed by atoms with Crippen molar-refractivity contribution in [2.45, 2.75) is 43.9 Å². The number of rotatable bonds is 9. The van der Waals surface area contributed by atoms with E-state index in [1.54, 1.807) is 0 Å². The largest absolute Gasteiger partial charge is 0.480 e. The van der Waals surface area contributed by atoms with Crippen LogP contribution in [-0.4, -0.2) is 40.3 Å². The number of benzene rings is 2. The molecule has 0 aliphatic carbocycles. The highest BCUT2D eigenvalue weighted by atomic mass is 16.4. The van der Waals surface area contributed by atoms with Crippen molar-refractivity contribution in [2.24, 2.45) is 5.73 Å². The minimum atomic E-state index is -1.50. The van der Waals surface area contributed by atoms with Crippen LogP contribution in [0.15, 0.2) is 60.7 Å². The van der Waals surface area contributed by atoms with Crippen LogP contribution in [0.1, 0.15) is 30.4 Å². The Morgan fingerprint density at radius 3 is 2.11 bits per heavy atom. The van der Waals surface area contributed by atoms with E-state index in [-0.39, 0.29) is 0 Å². The Balaban J connectivity index is 2.08. The van der Waals surface area contributed by atoms with Gasteiger partial charge in [-0.05, 0) is 24.0 Å². The summed E-state index contributed by atoms with van der Waals surface area (Å²) in [6.07, 6.45) is -0.670. The van der Waals surface area contributed by atoms with E-state index in [0.29, 0.717) is 12.8 Å². The monoisotopic (exact) mass is 370 g/mol. The van der Waals surface area contributed by atoms with Crippen LogP contribution in [0.3, 0.4) is 0 Å². The second kappa shape index (κ2) is 9.85. The van der Waals surface area contributed by atoms with Gasteiger partial charge in [0.15, 0.2) is 0 Å². The van der Waals surface area contributed by atoms with Gasteiger partial charge in [-0.25, -0.2) is 4.79 Å². The molecule has 144 valence electrons. The number of hydrogen-bond donors (Lipinski definition) is 4. The number of aliphatic hydroxyl groups is 1. The molecule has 5 N–H and O–H groups in total. The average molecular weight is 370 g/mol. The first kappa shape index (κ1) is 20.6. The molecule has 1 amide bonds. The van der Waals surface area contributed by atoms with Crippen LogP contribution in [-0.2, 0) is 16.0 Å². The van der Waals surface area contributed by atoms with Gasteiger partial charge in [0.05, 0.1) is 0 Å². The molecule has 0 spiro atoms. The molecule has 4 atom stereocenters. The number of nitrogens with two attached hydrogens (primary N) is 1. The van der Waals surface area contributed by atoms with Crippen LogP contribution >= 0.6 is 0 Å². The molecule has 0 fully saturated rings. The standard InChI is InChI=1S/C21H26N2O4/c1-2-16(15-11-7-4-8-12-15)18(21(26)27)23-20(25)19(24)17(22)13-14-9-5-3-6-10-14/h3-12,16-19,24H,2,13,22H2,1H3,(H,23,25)(H,26,27)/t16?,17-,18?,19+/m1/s1. The molecule has 0 saturated heterocycles. The first-order chi connectivity index (χ1) is 12.9. The molecule has 0 aromatic heterocycles. The van der Waals surface area contributed by atoms with Crippen molar-refractivity contribution in [3.63, 3.8) is 0 Å². The maximum atomic E-state index is 12.4. The van der Waals surface area contributed by atoms with E-state index >= 15 is 0 Å². The highest BCUT2D eigenvalue weighted by Crippen LogP contribution is 2.23. The lowest BCUT2D eigenvalue weighted by molar-refractivity contribution is -0.144. The van der Waals surface area contributed by atoms with Gasteiger partial charge >= 0.3 is 5.97 Å². The van der Waals surface area contributed by atoms with Gasteiger partial charge < -0.3 is 21.3 Å². The minimum absolute atomic E-state index is 0.309. The van der Waals surface area contributed by atoms with E-state index in [4.69, 9.17) is 5.73 Å². The Morgan fingerprint density at radius 1 is 1.04 bits per heavy atom. The molecular formula is C21H26N2O4. The fourth-order valence-corrected chi connectivity index (χ4v) is 3.13. The van der Waals surface area contributed by atoms with Crippen LogP contribution in [0.4, 0.5) is 0 Å². The summed E-state index contributed by atoms with van der Waals surface area (Å²) in [5, 5.41) is 22.4. The number of aliphatic hydroxyl groups excluding tert-OH is 1. The van der Waals surface area contributed by atoms with E-state index < -0.39 is 36.0 Å². The molecule has 6 nitrogen and oxygen atoms in total. The fourth-order valence-electron chi connectivity index (χ4n) is 3.13. The molecule has 0 radical (unpaired) electrons. The maximum absolute atomic E-state index is 12.4. The number of nitrogens with one attached hydrogen (secondary N) is 1. The normalized spacial score (nSPS) is 15.4. The van der Waals surface area contributed by atoms with Crippen LogP contribution in [0.5, 0.6) is 0 Å². The molecule has 0 saturated carbocycles. The lowest BCUT2D eigenvalue weighted by Crippen LogP contribution is -2.53. The molecule has 2 unspecified atom stereocenters. The predicted molar refractivity (Wildman–Crippen MR) is 103 cm³/mol. The maximum Gasteiger partial charge on any atom is 0.326 e. The van der Waals surface area contributed by atoms with Gasteiger partial charge in [0.1, 0.15) is 12.1 Å². The highest BCUT2D eigenvalue weighted by Gasteiger charge is 2.33. The van der Waals surface area contributed by atoms with Crippen molar-refractivity contribution >= 4 is 11.9 Å². The summed E-state index contributed by atoms with van der Waals surface area (Å²) in [6.45, 7) is 1.86. The van der Waals surface area contributed by atoms with Gasteiger partial charge in [0.25, 0.3) is 5.91 Å². The molecule has 2 rings (SSSR count). The zero-order valence-electron chi connectivity index (χ0n) is 15.3. The van der Waals surface area contributed by atoms with Crippen molar-refractivity contribution in [2.75, 3.05) is 0 Å². The molecule has 2 aromatic carbocycles. The number of carbonyl (C=O) groups is 2. The molecule has 27 heavy (non-hydrogen) atoms. The van der Waals surface area contributed by atoms with Crippen molar-refractivity contribution in [3.05, 3.63) is 71.8 Å². The first-order valence-corrected chi connectivity index (χ1v) is 8.99. The zero-order valence-corrected chi connectivity index (χ0v) is 15.3. The number of carbonyl (C=O) groups excluding carboxylic acids is 1. The fraction of sp³-hybridized carbons (Fsp3) is 0.333. The molecule has 6 heteroatoms.